The van der Waals surface area contributed by atoms with Crippen LogP contribution < -0.4 is 15.8 Å². The highest BCUT2D eigenvalue weighted by Gasteiger charge is 2.31. The lowest BCUT2D eigenvalue weighted by atomic mass is 10.3. The van der Waals surface area contributed by atoms with Crippen molar-refractivity contribution < 1.29 is 22.7 Å². The predicted octanol–water partition coefficient (Wildman–Crippen LogP) is 2.45. The molecule has 0 fully saturated rings. The van der Waals surface area contributed by atoms with Crippen LogP contribution in [0.15, 0.2) is 24.3 Å². The van der Waals surface area contributed by atoms with Gasteiger partial charge in [-0.3, -0.25) is 4.68 Å². The molecule has 7 nitrogen and oxygen atoms in total. The molecule has 10 heteroatoms. The van der Waals surface area contributed by atoms with E-state index in [-0.39, 0.29) is 11.8 Å². The number of carbonyl (C=O) groups excluding carboxylic acids is 1. The Balaban J connectivity index is 1.62. The molecule has 3 N–H and O–H groups in total. The SMILES string of the molecule is Cn1nc2c(c1N)CN(C(=O)Nc1ccc(OC(F)(F)F)cc1)C2. The average Bonchev–Trinajstić information content (AvgIpc) is 3.00. The summed E-state index contributed by atoms with van der Waals surface area (Å²) in [7, 11) is 1.72. The topological polar surface area (TPSA) is 85.4 Å². The normalized spacial score (nSPS) is 13.8. The van der Waals surface area contributed by atoms with E-state index in [2.05, 4.69) is 15.2 Å². The zero-order valence-corrected chi connectivity index (χ0v) is 12.6. The Morgan fingerprint density at radius 1 is 1.29 bits per heavy atom. The molecule has 1 aromatic heterocycles. The summed E-state index contributed by atoms with van der Waals surface area (Å²) in [6, 6.07) is 4.52. The van der Waals surface area contributed by atoms with Crippen LogP contribution in [-0.2, 0) is 20.1 Å². The van der Waals surface area contributed by atoms with E-state index in [4.69, 9.17) is 5.73 Å². The molecule has 0 radical (unpaired) electrons. The van der Waals surface area contributed by atoms with Crippen molar-refractivity contribution in [2.75, 3.05) is 11.1 Å². The number of nitrogens with two attached hydrogens (primary N) is 1. The summed E-state index contributed by atoms with van der Waals surface area (Å²) in [5.74, 6) is 0.153. The molecule has 0 spiro atoms. The Bertz CT molecular complexity index is 770. The lowest BCUT2D eigenvalue weighted by Gasteiger charge is -2.17. The summed E-state index contributed by atoms with van der Waals surface area (Å²) in [5.41, 5.74) is 7.77. The van der Waals surface area contributed by atoms with Crippen LogP contribution in [-0.4, -0.2) is 27.1 Å². The van der Waals surface area contributed by atoms with Crippen molar-refractivity contribution in [2.45, 2.75) is 19.5 Å². The van der Waals surface area contributed by atoms with Gasteiger partial charge < -0.3 is 20.7 Å². The van der Waals surface area contributed by atoms with Gasteiger partial charge in [0.05, 0.1) is 18.8 Å². The number of urea groups is 1. The highest BCUT2D eigenvalue weighted by Crippen LogP contribution is 2.28. The second-order valence-corrected chi connectivity index (χ2v) is 5.29. The minimum Gasteiger partial charge on any atom is -0.406 e. The number of nitrogen functional groups attached to an aromatic ring is 1. The van der Waals surface area contributed by atoms with Gasteiger partial charge in [0, 0.05) is 18.3 Å². The summed E-state index contributed by atoms with van der Waals surface area (Å²) in [5, 5.41) is 6.83. The smallest absolute Gasteiger partial charge is 0.406 e. The summed E-state index contributed by atoms with van der Waals surface area (Å²) in [4.78, 5) is 13.7. The van der Waals surface area contributed by atoms with Gasteiger partial charge in [-0.05, 0) is 24.3 Å². The monoisotopic (exact) mass is 341 g/mol. The van der Waals surface area contributed by atoms with E-state index in [0.29, 0.717) is 24.6 Å². The van der Waals surface area contributed by atoms with Crippen molar-refractivity contribution in [1.82, 2.24) is 14.7 Å². The number of rotatable bonds is 2. The first-order chi connectivity index (χ1) is 11.2. The molecule has 0 aliphatic carbocycles. The molecule has 1 aliphatic heterocycles. The number of nitrogens with zero attached hydrogens (tertiary/aromatic N) is 3. The van der Waals surface area contributed by atoms with E-state index < -0.39 is 6.36 Å². The van der Waals surface area contributed by atoms with Crippen LogP contribution in [0.5, 0.6) is 5.75 Å². The third-order valence-corrected chi connectivity index (χ3v) is 3.59. The summed E-state index contributed by atoms with van der Waals surface area (Å²) in [6.45, 7) is 0.650. The van der Waals surface area contributed by atoms with E-state index in [9.17, 15) is 18.0 Å². The quantitative estimate of drug-likeness (QED) is 0.879. The molecule has 0 saturated heterocycles. The van der Waals surface area contributed by atoms with Crippen molar-refractivity contribution >= 4 is 17.5 Å². The van der Waals surface area contributed by atoms with Crippen LogP contribution >= 0.6 is 0 Å². The number of benzene rings is 1. The minimum absolute atomic E-state index is 0.321. The second kappa shape index (κ2) is 5.62. The van der Waals surface area contributed by atoms with Crippen LogP contribution in [0.1, 0.15) is 11.3 Å². The van der Waals surface area contributed by atoms with Crippen LogP contribution in [0.2, 0.25) is 0 Å². The largest absolute Gasteiger partial charge is 0.573 e. The lowest BCUT2D eigenvalue weighted by molar-refractivity contribution is -0.274. The Kier molecular flexibility index (Phi) is 3.74. The predicted molar refractivity (Wildman–Crippen MR) is 79.0 cm³/mol. The zero-order valence-electron chi connectivity index (χ0n) is 12.6. The molecule has 2 aromatic rings. The lowest BCUT2D eigenvalue weighted by Crippen LogP contribution is -2.30. The number of aromatic nitrogens is 2. The molecule has 24 heavy (non-hydrogen) atoms. The number of fused-ring (bicyclic) bond motifs is 1. The molecule has 1 aromatic carbocycles. The van der Waals surface area contributed by atoms with Gasteiger partial charge in [0.15, 0.2) is 0 Å². The number of carbonyl (C=O) groups is 1. The van der Waals surface area contributed by atoms with Gasteiger partial charge in [-0.15, -0.1) is 13.2 Å². The first kappa shape index (κ1) is 16.0. The van der Waals surface area contributed by atoms with Crippen LogP contribution in [0.3, 0.4) is 0 Å². The number of halogens is 3. The Labute approximate surface area is 134 Å². The number of alkyl halides is 3. The average molecular weight is 341 g/mol. The Hall–Kier alpha value is -2.91. The number of nitrogens with one attached hydrogen (secondary N) is 1. The Morgan fingerprint density at radius 3 is 2.54 bits per heavy atom. The number of ether oxygens (including phenoxy) is 1. The van der Waals surface area contributed by atoms with E-state index in [1.165, 1.54) is 17.0 Å². The summed E-state index contributed by atoms with van der Waals surface area (Å²) in [6.07, 6.45) is -4.75. The summed E-state index contributed by atoms with van der Waals surface area (Å²) < 4.78 is 41.6. The molecule has 2 heterocycles. The number of amides is 2. The van der Waals surface area contributed by atoms with Crippen molar-refractivity contribution in [2.24, 2.45) is 7.05 Å². The van der Waals surface area contributed by atoms with Crippen LogP contribution in [0, 0.1) is 0 Å². The highest BCUT2D eigenvalue weighted by molar-refractivity contribution is 5.89. The van der Waals surface area contributed by atoms with E-state index >= 15 is 0 Å². The highest BCUT2D eigenvalue weighted by atomic mass is 19.4. The van der Waals surface area contributed by atoms with Gasteiger partial charge in [-0.1, -0.05) is 0 Å². The molecule has 2 amide bonds. The number of hydrogen-bond donors (Lipinski definition) is 2. The fraction of sp³-hybridized carbons (Fsp3) is 0.286. The standard InChI is InChI=1S/C14H14F3N5O2/c1-21-12(18)10-6-22(7-11(10)20-21)13(23)19-8-2-4-9(5-3-8)24-14(15,16)17/h2-5H,6-7,18H2,1H3,(H,19,23). The van der Waals surface area contributed by atoms with E-state index in [1.807, 2.05) is 0 Å². The van der Waals surface area contributed by atoms with Crippen LogP contribution in [0.25, 0.3) is 0 Å². The summed E-state index contributed by atoms with van der Waals surface area (Å²) >= 11 is 0. The molecule has 0 saturated carbocycles. The Morgan fingerprint density at radius 2 is 1.96 bits per heavy atom. The number of aryl methyl sites for hydroxylation is 1. The second-order valence-electron chi connectivity index (χ2n) is 5.29. The first-order valence-corrected chi connectivity index (χ1v) is 6.95. The zero-order chi connectivity index (χ0) is 17.5. The molecule has 1 aliphatic rings. The number of hydrogen-bond acceptors (Lipinski definition) is 4. The van der Waals surface area contributed by atoms with Gasteiger partial charge in [0.1, 0.15) is 11.6 Å². The molecule has 3 rings (SSSR count). The molecule has 0 unspecified atom stereocenters. The van der Waals surface area contributed by atoms with Crippen molar-refractivity contribution in [3.63, 3.8) is 0 Å². The fourth-order valence-corrected chi connectivity index (χ4v) is 2.45. The maximum atomic E-state index is 12.2. The number of anilines is 2. The molecular weight excluding hydrogens is 327 g/mol. The van der Waals surface area contributed by atoms with E-state index in [0.717, 1.165) is 23.4 Å². The van der Waals surface area contributed by atoms with E-state index in [1.54, 1.807) is 11.7 Å². The van der Waals surface area contributed by atoms with Gasteiger partial charge in [-0.25, -0.2) is 4.79 Å². The van der Waals surface area contributed by atoms with Crippen molar-refractivity contribution in [3.05, 3.63) is 35.5 Å². The first-order valence-electron chi connectivity index (χ1n) is 6.95. The molecular formula is C14H14F3N5O2. The third kappa shape index (κ3) is 3.21. The van der Waals surface area contributed by atoms with Gasteiger partial charge in [0.25, 0.3) is 0 Å². The molecule has 0 bridgehead atoms. The van der Waals surface area contributed by atoms with Gasteiger partial charge in [0.2, 0.25) is 0 Å². The van der Waals surface area contributed by atoms with Crippen molar-refractivity contribution in [1.29, 1.82) is 0 Å². The minimum atomic E-state index is -4.75. The maximum Gasteiger partial charge on any atom is 0.573 e. The van der Waals surface area contributed by atoms with Crippen molar-refractivity contribution in [3.8, 4) is 5.75 Å². The maximum absolute atomic E-state index is 12.2. The van der Waals surface area contributed by atoms with Gasteiger partial charge in [-0.2, -0.15) is 5.10 Å². The molecule has 128 valence electrons. The van der Waals surface area contributed by atoms with Gasteiger partial charge >= 0.3 is 12.4 Å². The van der Waals surface area contributed by atoms with Crippen LogP contribution in [0.4, 0.5) is 29.5 Å². The fourth-order valence-electron chi connectivity index (χ4n) is 2.45. The third-order valence-electron chi connectivity index (χ3n) is 3.59. The molecule has 0 atom stereocenters.